The maximum atomic E-state index is 11.9. The molecule has 1 aliphatic carbocycles. The SMILES string of the molecule is CCOC(=O)C(CCN(CC)C1CC1)NC(C)C. The third-order valence-electron chi connectivity index (χ3n) is 3.28. The third kappa shape index (κ3) is 5.36. The molecule has 0 aromatic heterocycles. The molecule has 0 heterocycles. The summed E-state index contributed by atoms with van der Waals surface area (Å²) in [5.74, 6) is -0.113. The minimum Gasteiger partial charge on any atom is -0.465 e. The van der Waals surface area contributed by atoms with Crippen molar-refractivity contribution in [1.29, 1.82) is 0 Å². The molecule has 1 aliphatic rings. The summed E-state index contributed by atoms with van der Waals surface area (Å²) in [7, 11) is 0. The van der Waals surface area contributed by atoms with Crippen molar-refractivity contribution < 1.29 is 9.53 Å². The van der Waals surface area contributed by atoms with Crippen molar-refractivity contribution in [1.82, 2.24) is 10.2 Å². The van der Waals surface area contributed by atoms with Crippen molar-refractivity contribution in [3.05, 3.63) is 0 Å². The lowest BCUT2D eigenvalue weighted by Gasteiger charge is -2.24. The summed E-state index contributed by atoms with van der Waals surface area (Å²) in [5, 5.41) is 3.30. The molecular weight excluding hydrogens is 228 g/mol. The Morgan fingerprint density at radius 3 is 2.50 bits per heavy atom. The van der Waals surface area contributed by atoms with Crippen LogP contribution in [0.1, 0.15) is 47.0 Å². The Kier molecular flexibility index (Phi) is 6.65. The fourth-order valence-corrected chi connectivity index (χ4v) is 2.25. The average Bonchev–Trinajstić information content (AvgIpc) is 3.12. The predicted octanol–water partition coefficient (Wildman–Crippen LogP) is 1.79. The number of nitrogens with zero attached hydrogens (tertiary/aromatic N) is 1. The summed E-state index contributed by atoms with van der Waals surface area (Å²) in [6, 6.07) is 0.894. The van der Waals surface area contributed by atoms with Gasteiger partial charge in [0.15, 0.2) is 0 Å². The Morgan fingerprint density at radius 2 is 2.06 bits per heavy atom. The maximum absolute atomic E-state index is 11.9. The standard InChI is InChI=1S/C14H28N2O2/c1-5-16(12-7-8-12)10-9-13(15-11(3)4)14(17)18-6-2/h11-13,15H,5-10H2,1-4H3. The maximum Gasteiger partial charge on any atom is 0.323 e. The minimum atomic E-state index is -0.169. The number of esters is 1. The molecule has 4 heteroatoms. The van der Waals surface area contributed by atoms with E-state index >= 15 is 0 Å². The molecule has 0 saturated heterocycles. The van der Waals surface area contributed by atoms with Gasteiger partial charge in [-0.05, 0) is 32.7 Å². The van der Waals surface area contributed by atoms with Crippen molar-refractivity contribution >= 4 is 5.97 Å². The van der Waals surface area contributed by atoms with Crippen molar-refractivity contribution in [3.63, 3.8) is 0 Å². The number of carbonyl (C=O) groups is 1. The van der Waals surface area contributed by atoms with Crippen molar-refractivity contribution in [2.45, 2.75) is 65.1 Å². The minimum absolute atomic E-state index is 0.113. The highest BCUT2D eigenvalue weighted by Crippen LogP contribution is 2.26. The lowest BCUT2D eigenvalue weighted by Crippen LogP contribution is -2.44. The first-order chi connectivity index (χ1) is 8.58. The zero-order valence-corrected chi connectivity index (χ0v) is 12.2. The van der Waals surface area contributed by atoms with Crippen LogP contribution in [0.15, 0.2) is 0 Å². The fourth-order valence-electron chi connectivity index (χ4n) is 2.25. The monoisotopic (exact) mass is 256 g/mol. The zero-order valence-electron chi connectivity index (χ0n) is 12.2. The van der Waals surface area contributed by atoms with Crippen LogP contribution < -0.4 is 5.32 Å². The molecule has 1 fully saturated rings. The van der Waals surface area contributed by atoms with Gasteiger partial charge < -0.3 is 15.0 Å². The normalized spacial score (nSPS) is 17.2. The van der Waals surface area contributed by atoms with E-state index in [0.29, 0.717) is 12.6 Å². The lowest BCUT2D eigenvalue weighted by atomic mass is 10.1. The number of carbonyl (C=O) groups excluding carboxylic acids is 1. The predicted molar refractivity (Wildman–Crippen MR) is 73.6 cm³/mol. The Balaban J connectivity index is 2.41. The first kappa shape index (κ1) is 15.4. The molecule has 1 rings (SSSR count). The molecule has 0 aromatic rings. The molecular formula is C14H28N2O2. The van der Waals surface area contributed by atoms with Crippen LogP contribution in [0.5, 0.6) is 0 Å². The second-order valence-corrected chi connectivity index (χ2v) is 5.27. The molecule has 0 aromatic carbocycles. The molecule has 0 radical (unpaired) electrons. The Hall–Kier alpha value is -0.610. The van der Waals surface area contributed by atoms with Gasteiger partial charge >= 0.3 is 5.97 Å². The molecule has 106 valence electrons. The summed E-state index contributed by atoms with van der Waals surface area (Å²) in [6.45, 7) is 10.7. The third-order valence-corrected chi connectivity index (χ3v) is 3.28. The molecule has 1 unspecified atom stereocenters. The largest absolute Gasteiger partial charge is 0.465 e. The van der Waals surface area contributed by atoms with Gasteiger partial charge in [-0.2, -0.15) is 0 Å². The van der Waals surface area contributed by atoms with Crippen molar-refractivity contribution in [3.8, 4) is 0 Å². The van der Waals surface area contributed by atoms with Crippen molar-refractivity contribution in [2.24, 2.45) is 0 Å². The second-order valence-electron chi connectivity index (χ2n) is 5.27. The fraction of sp³-hybridized carbons (Fsp3) is 0.929. The molecule has 1 saturated carbocycles. The Morgan fingerprint density at radius 1 is 1.39 bits per heavy atom. The first-order valence-corrected chi connectivity index (χ1v) is 7.25. The molecule has 4 nitrogen and oxygen atoms in total. The van der Waals surface area contributed by atoms with Gasteiger partial charge in [0.1, 0.15) is 6.04 Å². The van der Waals surface area contributed by atoms with Crippen molar-refractivity contribution in [2.75, 3.05) is 19.7 Å². The van der Waals surface area contributed by atoms with Crippen LogP contribution in [0.2, 0.25) is 0 Å². The lowest BCUT2D eigenvalue weighted by molar-refractivity contribution is -0.146. The number of ether oxygens (including phenoxy) is 1. The van der Waals surface area contributed by atoms with Gasteiger partial charge in [0.05, 0.1) is 6.61 Å². The van der Waals surface area contributed by atoms with Crippen LogP contribution in [0, 0.1) is 0 Å². The van der Waals surface area contributed by atoms with Gasteiger partial charge in [0.25, 0.3) is 0 Å². The van der Waals surface area contributed by atoms with Gasteiger partial charge in [-0.3, -0.25) is 4.79 Å². The molecule has 18 heavy (non-hydrogen) atoms. The van der Waals surface area contributed by atoms with E-state index in [1.807, 2.05) is 6.92 Å². The number of rotatable bonds is 9. The van der Waals surface area contributed by atoms with Gasteiger partial charge in [0, 0.05) is 18.6 Å². The summed E-state index contributed by atoms with van der Waals surface area (Å²) < 4.78 is 5.13. The van der Waals surface area contributed by atoms with Crippen LogP contribution in [0.25, 0.3) is 0 Å². The molecule has 1 N–H and O–H groups in total. The highest BCUT2D eigenvalue weighted by atomic mass is 16.5. The average molecular weight is 256 g/mol. The van der Waals surface area contributed by atoms with Crippen LogP contribution in [0.3, 0.4) is 0 Å². The van der Waals surface area contributed by atoms with Gasteiger partial charge in [-0.25, -0.2) is 0 Å². The molecule has 0 amide bonds. The van der Waals surface area contributed by atoms with Gasteiger partial charge in [-0.1, -0.05) is 20.8 Å². The summed E-state index contributed by atoms with van der Waals surface area (Å²) in [5.41, 5.74) is 0. The van der Waals surface area contributed by atoms with Crippen LogP contribution in [-0.2, 0) is 9.53 Å². The van der Waals surface area contributed by atoms with E-state index in [2.05, 4.69) is 31.0 Å². The van der Waals surface area contributed by atoms with E-state index in [1.165, 1.54) is 12.8 Å². The summed E-state index contributed by atoms with van der Waals surface area (Å²) in [4.78, 5) is 14.3. The second kappa shape index (κ2) is 7.74. The first-order valence-electron chi connectivity index (χ1n) is 7.25. The van der Waals surface area contributed by atoms with E-state index < -0.39 is 0 Å². The quantitative estimate of drug-likeness (QED) is 0.639. The Bertz CT molecular complexity index is 252. The van der Waals surface area contributed by atoms with Gasteiger partial charge in [-0.15, -0.1) is 0 Å². The number of nitrogens with one attached hydrogen (secondary N) is 1. The summed E-state index contributed by atoms with van der Waals surface area (Å²) in [6.07, 6.45) is 3.46. The zero-order chi connectivity index (χ0) is 13.5. The molecule has 0 bridgehead atoms. The van der Waals surface area contributed by atoms with E-state index in [-0.39, 0.29) is 12.0 Å². The van der Waals surface area contributed by atoms with Crippen LogP contribution in [-0.4, -0.2) is 48.7 Å². The van der Waals surface area contributed by atoms with E-state index in [1.54, 1.807) is 0 Å². The molecule has 0 aliphatic heterocycles. The van der Waals surface area contributed by atoms with Gasteiger partial charge in [0.2, 0.25) is 0 Å². The molecule has 1 atom stereocenters. The number of hydrogen-bond donors (Lipinski definition) is 1. The van der Waals surface area contributed by atoms with Crippen LogP contribution in [0.4, 0.5) is 0 Å². The van der Waals surface area contributed by atoms with E-state index in [4.69, 9.17) is 4.74 Å². The molecule has 0 spiro atoms. The van der Waals surface area contributed by atoms with E-state index in [9.17, 15) is 4.79 Å². The van der Waals surface area contributed by atoms with E-state index in [0.717, 1.165) is 25.6 Å². The smallest absolute Gasteiger partial charge is 0.323 e. The number of hydrogen-bond acceptors (Lipinski definition) is 4. The topological polar surface area (TPSA) is 41.6 Å². The van der Waals surface area contributed by atoms with Crippen LogP contribution >= 0.6 is 0 Å². The Labute approximate surface area is 111 Å². The highest BCUT2D eigenvalue weighted by Gasteiger charge is 2.29. The highest BCUT2D eigenvalue weighted by molar-refractivity contribution is 5.75. The summed E-state index contributed by atoms with van der Waals surface area (Å²) >= 11 is 0.